The van der Waals surface area contributed by atoms with Crippen molar-refractivity contribution in [2.75, 3.05) is 11.1 Å². The van der Waals surface area contributed by atoms with E-state index in [-0.39, 0.29) is 5.82 Å². The van der Waals surface area contributed by atoms with Gasteiger partial charge < -0.3 is 11.1 Å². The van der Waals surface area contributed by atoms with Gasteiger partial charge in [0.1, 0.15) is 23.3 Å². The summed E-state index contributed by atoms with van der Waals surface area (Å²) in [4.78, 5) is 8.62. The van der Waals surface area contributed by atoms with Crippen molar-refractivity contribution in [3.8, 4) is 0 Å². The van der Waals surface area contributed by atoms with Gasteiger partial charge in [-0.25, -0.2) is 14.4 Å². The Kier molecular flexibility index (Phi) is 3.10. The normalized spacial score (nSPS) is 14.4. The minimum atomic E-state index is -0.325. The van der Waals surface area contributed by atoms with Crippen molar-refractivity contribution in [3.63, 3.8) is 0 Å². The number of nitrogens with one attached hydrogen (secondary N) is 1. The number of benzene rings is 1. The molecule has 0 amide bonds. The van der Waals surface area contributed by atoms with Gasteiger partial charge in [0.2, 0.25) is 0 Å². The van der Waals surface area contributed by atoms with Gasteiger partial charge in [-0.15, -0.1) is 0 Å². The monoisotopic (exact) mass is 322 g/mol. The zero-order valence-corrected chi connectivity index (χ0v) is 11.6. The highest BCUT2D eigenvalue weighted by Crippen LogP contribution is 2.38. The van der Waals surface area contributed by atoms with E-state index in [1.54, 1.807) is 18.2 Å². The van der Waals surface area contributed by atoms with Crippen LogP contribution in [0.2, 0.25) is 0 Å². The van der Waals surface area contributed by atoms with Crippen molar-refractivity contribution in [3.05, 3.63) is 40.4 Å². The summed E-state index contributed by atoms with van der Waals surface area (Å²) in [5.41, 5.74) is 6.39. The van der Waals surface area contributed by atoms with Crippen LogP contribution in [0, 0.1) is 5.82 Å². The fraction of sp³-hybridized carbons (Fsp3) is 0.231. The van der Waals surface area contributed by atoms with Crippen molar-refractivity contribution in [1.29, 1.82) is 0 Å². The Morgan fingerprint density at radius 1 is 1.26 bits per heavy atom. The molecule has 98 valence electrons. The summed E-state index contributed by atoms with van der Waals surface area (Å²) in [6, 6.07) is 6.46. The average molecular weight is 323 g/mol. The number of nitrogen functional groups attached to an aromatic ring is 1. The number of nitrogens with two attached hydrogens (primary N) is 1. The van der Waals surface area contributed by atoms with E-state index >= 15 is 0 Å². The number of hydrogen-bond donors (Lipinski definition) is 2. The maximum absolute atomic E-state index is 13.4. The molecule has 19 heavy (non-hydrogen) atoms. The minimum Gasteiger partial charge on any atom is -0.384 e. The summed E-state index contributed by atoms with van der Waals surface area (Å²) >= 11 is 3.12. The van der Waals surface area contributed by atoms with Gasteiger partial charge in [0.05, 0.1) is 4.47 Å². The van der Waals surface area contributed by atoms with Crippen molar-refractivity contribution >= 4 is 33.3 Å². The van der Waals surface area contributed by atoms with Crippen molar-refractivity contribution in [2.45, 2.75) is 18.8 Å². The number of nitrogens with zero attached hydrogens (tertiary/aromatic N) is 2. The van der Waals surface area contributed by atoms with Crippen LogP contribution < -0.4 is 11.1 Å². The summed E-state index contributed by atoms with van der Waals surface area (Å²) in [6.07, 6.45) is 2.21. The Hall–Kier alpha value is -1.69. The third kappa shape index (κ3) is 2.84. The topological polar surface area (TPSA) is 63.8 Å². The molecule has 0 saturated heterocycles. The van der Waals surface area contributed by atoms with Gasteiger partial charge in [-0.05, 0) is 47.0 Å². The molecular weight excluding hydrogens is 311 g/mol. The fourth-order valence-electron chi connectivity index (χ4n) is 1.80. The van der Waals surface area contributed by atoms with Crippen LogP contribution in [0.3, 0.4) is 0 Å². The van der Waals surface area contributed by atoms with E-state index in [1.807, 2.05) is 0 Å². The molecule has 1 aliphatic rings. The quantitative estimate of drug-likeness (QED) is 0.906. The molecule has 1 heterocycles. The molecule has 0 unspecified atom stereocenters. The first-order valence-corrected chi connectivity index (χ1v) is 6.77. The lowest BCUT2D eigenvalue weighted by Gasteiger charge is -2.08. The Bertz CT molecular complexity index is 628. The van der Waals surface area contributed by atoms with Gasteiger partial charge in [0, 0.05) is 17.7 Å². The molecule has 0 spiro atoms. The third-order valence-electron chi connectivity index (χ3n) is 2.90. The second kappa shape index (κ2) is 4.77. The number of hydrogen-bond acceptors (Lipinski definition) is 4. The molecule has 0 aliphatic heterocycles. The third-order valence-corrected chi connectivity index (χ3v) is 3.54. The molecule has 3 N–H and O–H groups in total. The molecule has 4 nitrogen and oxygen atoms in total. The molecule has 0 bridgehead atoms. The van der Waals surface area contributed by atoms with Crippen LogP contribution in [-0.4, -0.2) is 9.97 Å². The molecule has 1 aromatic carbocycles. The van der Waals surface area contributed by atoms with Crippen LogP contribution >= 0.6 is 15.9 Å². The van der Waals surface area contributed by atoms with Crippen molar-refractivity contribution < 1.29 is 4.39 Å². The van der Waals surface area contributed by atoms with Crippen LogP contribution in [0.1, 0.15) is 24.6 Å². The van der Waals surface area contributed by atoms with Crippen molar-refractivity contribution in [1.82, 2.24) is 9.97 Å². The molecule has 1 aliphatic carbocycles. The summed E-state index contributed by atoms with van der Waals surface area (Å²) in [5, 5.41) is 3.04. The summed E-state index contributed by atoms with van der Waals surface area (Å²) in [7, 11) is 0. The van der Waals surface area contributed by atoms with E-state index in [2.05, 4.69) is 31.2 Å². The number of anilines is 3. The molecule has 1 fully saturated rings. The largest absolute Gasteiger partial charge is 0.384 e. The standard InChI is InChI=1S/C13H12BrFN4/c14-9-4-3-8(5-10(9)15)17-12-6-11(16)18-13(19-12)7-1-2-7/h3-7H,1-2H2,(H3,16,17,18,19). The van der Waals surface area contributed by atoms with Gasteiger partial charge in [-0.1, -0.05) is 0 Å². The molecule has 3 rings (SSSR count). The first-order valence-electron chi connectivity index (χ1n) is 5.98. The molecule has 0 atom stereocenters. The average Bonchev–Trinajstić information content (AvgIpc) is 3.17. The van der Waals surface area contributed by atoms with Gasteiger partial charge in [-0.2, -0.15) is 0 Å². The van der Waals surface area contributed by atoms with Gasteiger partial charge in [-0.3, -0.25) is 0 Å². The maximum atomic E-state index is 13.4. The van der Waals surface area contributed by atoms with E-state index < -0.39 is 0 Å². The van der Waals surface area contributed by atoms with Gasteiger partial charge in [0.25, 0.3) is 0 Å². The lowest BCUT2D eigenvalue weighted by Crippen LogP contribution is -2.02. The van der Waals surface area contributed by atoms with Crippen LogP contribution in [0.15, 0.2) is 28.7 Å². The fourth-order valence-corrected chi connectivity index (χ4v) is 2.04. The highest BCUT2D eigenvalue weighted by atomic mass is 79.9. The highest BCUT2D eigenvalue weighted by molar-refractivity contribution is 9.10. The summed E-state index contributed by atoms with van der Waals surface area (Å²) in [6.45, 7) is 0. The van der Waals surface area contributed by atoms with Crippen LogP contribution in [0.5, 0.6) is 0 Å². The Balaban J connectivity index is 1.87. The number of aromatic nitrogens is 2. The Morgan fingerprint density at radius 2 is 2.05 bits per heavy atom. The van der Waals surface area contributed by atoms with E-state index in [0.29, 0.717) is 27.7 Å². The van der Waals surface area contributed by atoms with E-state index in [1.165, 1.54) is 6.07 Å². The van der Waals surface area contributed by atoms with Gasteiger partial charge >= 0.3 is 0 Å². The van der Waals surface area contributed by atoms with Crippen LogP contribution in [-0.2, 0) is 0 Å². The zero-order chi connectivity index (χ0) is 13.4. The second-order valence-electron chi connectivity index (χ2n) is 4.56. The molecule has 6 heteroatoms. The molecule has 1 saturated carbocycles. The number of rotatable bonds is 3. The molecular formula is C13H12BrFN4. The van der Waals surface area contributed by atoms with E-state index in [9.17, 15) is 4.39 Å². The lowest BCUT2D eigenvalue weighted by molar-refractivity contribution is 0.622. The van der Waals surface area contributed by atoms with Crippen molar-refractivity contribution in [2.24, 2.45) is 0 Å². The molecule has 1 aromatic heterocycles. The van der Waals surface area contributed by atoms with Crippen LogP contribution in [0.25, 0.3) is 0 Å². The predicted molar refractivity (Wildman–Crippen MR) is 75.8 cm³/mol. The maximum Gasteiger partial charge on any atom is 0.139 e. The second-order valence-corrected chi connectivity index (χ2v) is 5.42. The Labute approximate surface area is 118 Å². The molecule has 2 aromatic rings. The van der Waals surface area contributed by atoms with Crippen LogP contribution in [0.4, 0.5) is 21.7 Å². The SMILES string of the molecule is Nc1cc(Nc2ccc(Br)c(F)c2)nc(C2CC2)n1. The number of halogens is 2. The minimum absolute atomic E-state index is 0.325. The summed E-state index contributed by atoms with van der Waals surface area (Å²) < 4.78 is 13.9. The predicted octanol–water partition coefficient (Wildman–Crippen LogP) is 3.58. The first kappa shape index (κ1) is 12.3. The summed E-state index contributed by atoms with van der Waals surface area (Å²) in [5.74, 6) is 1.88. The highest BCUT2D eigenvalue weighted by Gasteiger charge is 2.27. The van der Waals surface area contributed by atoms with E-state index in [0.717, 1.165) is 18.7 Å². The van der Waals surface area contributed by atoms with E-state index in [4.69, 9.17) is 5.73 Å². The Morgan fingerprint density at radius 3 is 2.74 bits per heavy atom. The van der Waals surface area contributed by atoms with Gasteiger partial charge in [0.15, 0.2) is 0 Å². The molecule has 0 radical (unpaired) electrons. The zero-order valence-electron chi connectivity index (χ0n) is 10.0. The first-order chi connectivity index (χ1) is 9.11. The smallest absolute Gasteiger partial charge is 0.139 e. The lowest BCUT2D eigenvalue weighted by atomic mass is 10.3.